The predicted octanol–water partition coefficient (Wildman–Crippen LogP) is 12.1. The van der Waals surface area contributed by atoms with Crippen LogP contribution in [0.3, 0.4) is 0 Å². The molecule has 0 spiro atoms. The quantitative estimate of drug-likeness (QED) is 0.136. The first-order chi connectivity index (χ1) is 36.7. The van der Waals surface area contributed by atoms with Crippen LogP contribution in [0.2, 0.25) is 0 Å². The molecule has 12 aromatic rings. The van der Waals surface area contributed by atoms with Crippen molar-refractivity contribution in [1.82, 2.24) is 18.3 Å². The molecule has 8 bridgehead atoms. The molecule has 8 heteroatoms. The highest BCUT2D eigenvalue weighted by atomic mass is 15.3. The second kappa shape index (κ2) is 19.7. The summed E-state index contributed by atoms with van der Waals surface area (Å²) in [6.07, 6.45) is 9.45. The third kappa shape index (κ3) is 8.36. The summed E-state index contributed by atoms with van der Waals surface area (Å²) in [7, 11) is 0. The molecule has 1 aliphatic heterocycles. The first-order valence-electron chi connectivity index (χ1n) is 25.7. The zero-order chi connectivity index (χ0) is 49.2. The van der Waals surface area contributed by atoms with E-state index < -0.39 is 0 Å². The van der Waals surface area contributed by atoms with Crippen molar-refractivity contribution in [2.24, 2.45) is 0 Å². The van der Waals surface area contributed by atoms with Crippen LogP contribution in [0.5, 0.6) is 0 Å². The van der Waals surface area contributed by atoms with Crippen LogP contribution >= 0.6 is 0 Å². The fourth-order valence-electron chi connectivity index (χ4n) is 11.3. The maximum absolute atomic E-state index is 2.49. The average Bonchev–Trinajstić information content (AvgIpc) is 4.24. The lowest BCUT2D eigenvalue weighted by molar-refractivity contribution is -0.903. The van der Waals surface area contributed by atoms with E-state index in [2.05, 4.69) is 305 Å². The molecule has 0 radical (unpaired) electrons. The van der Waals surface area contributed by atoms with Gasteiger partial charge in [0.15, 0.2) is 45.6 Å². The van der Waals surface area contributed by atoms with Gasteiger partial charge in [0.1, 0.15) is 26.2 Å². The van der Waals surface area contributed by atoms with Crippen LogP contribution in [0.4, 0.5) is 0 Å². The molecule has 13 rings (SSSR count). The van der Waals surface area contributed by atoms with Crippen LogP contribution in [-0.4, -0.2) is 18.3 Å². The minimum Gasteiger partial charge on any atom is -0.225 e. The summed E-state index contributed by atoms with van der Waals surface area (Å²) < 4.78 is 19.9. The molecular weight excluding hydrogens is 905 g/mol. The average molecular weight is 961 g/mol. The monoisotopic (exact) mass is 960 g/mol. The smallest absolute Gasteiger partial charge is 0.225 e. The number of aryl methyl sites for hydroxylation is 4. The molecule has 0 fully saturated rings. The van der Waals surface area contributed by atoms with Crippen LogP contribution in [0.1, 0.15) is 0 Å². The number of imidazole rings is 4. The van der Waals surface area contributed by atoms with E-state index in [0.29, 0.717) is 39.5 Å². The van der Waals surface area contributed by atoms with Gasteiger partial charge >= 0.3 is 0 Å². The highest BCUT2D eigenvalue weighted by Gasteiger charge is 2.36. The predicted molar refractivity (Wildman–Crippen MR) is 293 cm³/mol. The van der Waals surface area contributed by atoms with Gasteiger partial charge in [-0.1, -0.05) is 243 Å². The fraction of sp³-hybridized carbons (Fsp3) is 0.0909. The van der Waals surface area contributed by atoms with E-state index in [-0.39, 0.29) is 0 Å². The van der Waals surface area contributed by atoms with Gasteiger partial charge in [0.2, 0.25) is 38.6 Å². The molecule has 74 heavy (non-hydrogen) atoms. The van der Waals surface area contributed by atoms with Crippen LogP contribution in [-0.2, 0) is 39.5 Å². The number of hydrogen-bond acceptors (Lipinski definition) is 0. The van der Waals surface area contributed by atoms with Gasteiger partial charge in [-0.2, -0.15) is 18.3 Å². The Morgan fingerprint density at radius 2 is 0.365 bits per heavy atom. The molecule has 0 amide bonds. The lowest BCUT2D eigenvalue weighted by Crippen LogP contribution is -2.52. The highest BCUT2D eigenvalue weighted by Crippen LogP contribution is 2.36. The van der Waals surface area contributed by atoms with E-state index in [0.717, 1.165) is 0 Å². The Bertz CT molecular complexity index is 3330. The van der Waals surface area contributed by atoms with Gasteiger partial charge in [-0.3, -0.25) is 0 Å². The number of benzene rings is 8. The molecule has 8 nitrogen and oxygen atoms in total. The third-order valence-corrected chi connectivity index (χ3v) is 14.5. The maximum Gasteiger partial charge on any atom is 0.248 e. The molecular formula is C66H56N8+4. The summed E-state index contributed by atoms with van der Waals surface area (Å²) in [5.74, 6) is 0. The Hall–Kier alpha value is -9.40. The van der Waals surface area contributed by atoms with E-state index in [1.54, 1.807) is 0 Å². The minimum absolute atomic E-state index is 0.571. The molecule has 356 valence electrons. The van der Waals surface area contributed by atoms with Crippen molar-refractivity contribution in [2.45, 2.75) is 39.5 Å². The van der Waals surface area contributed by atoms with E-state index in [9.17, 15) is 0 Å². The summed E-state index contributed by atoms with van der Waals surface area (Å²) in [6, 6.07) is 87.6. The SMILES string of the molecule is c1ccc(-c2c(-c3ccccc3)[n+]3cn2CCn2c[n+](c(-c4ccccc4)c2-c2ccccc2)C[n+]2cn(c(-c4ccccc4)c2-c2ccccc2)CCn2c[n+](c(-c4ccccc4)c2-c2ccccc2)C3)cc1. The number of nitrogens with zero attached hydrogens (tertiary/aromatic N) is 8. The van der Waals surface area contributed by atoms with Gasteiger partial charge < -0.3 is 0 Å². The molecule has 0 aliphatic carbocycles. The summed E-state index contributed by atoms with van der Waals surface area (Å²) in [5, 5.41) is 0. The Morgan fingerprint density at radius 3 is 0.541 bits per heavy atom. The van der Waals surface area contributed by atoms with Crippen LogP contribution in [0, 0.1) is 0 Å². The zero-order valence-electron chi connectivity index (χ0n) is 41.2. The molecule has 5 heterocycles. The van der Waals surface area contributed by atoms with Crippen molar-refractivity contribution in [3.8, 4) is 90.1 Å². The summed E-state index contributed by atoms with van der Waals surface area (Å²) >= 11 is 0. The molecule has 4 aromatic heterocycles. The Morgan fingerprint density at radius 1 is 0.203 bits per heavy atom. The standard InChI is InChI=1S/C66H56N8/c1-9-25-51(26-10-1)59-63(55-33-17-5-18-34-55)71-45-67(59)41-42-68-46-73(65(57-37-21-7-22-38-57)60(68)52-27-11-2-12-28-52)50-74-48-70(62(54-31-15-4-16-32-54)66(74)58-39-23-8-24-40-58)44-43-69-47-72(49-71)64(56-35-19-6-20-36-56)61(69)53-29-13-3-14-30-53/h1-40,45-48H,41-44,49-50H2/q+4. The van der Waals surface area contributed by atoms with Gasteiger partial charge in [0, 0.05) is 44.5 Å². The summed E-state index contributed by atoms with van der Waals surface area (Å²) in [6.45, 7) is 3.99. The summed E-state index contributed by atoms with van der Waals surface area (Å²) in [4.78, 5) is 0. The van der Waals surface area contributed by atoms with Gasteiger partial charge in [0.25, 0.3) is 0 Å². The van der Waals surface area contributed by atoms with Gasteiger partial charge in [-0.25, -0.2) is 18.3 Å². The second-order valence-corrected chi connectivity index (χ2v) is 19.1. The zero-order valence-corrected chi connectivity index (χ0v) is 41.2. The second-order valence-electron chi connectivity index (χ2n) is 19.1. The highest BCUT2D eigenvalue weighted by molar-refractivity contribution is 5.80. The van der Waals surface area contributed by atoms with E-state index in [1.165, 1.54) is 90.1 Å². The fourth-order valence-corrected chi connectivity index (χ4v) is 11.3. The van der Waals surface area contributed by atoms with Crippen molar-refractivity contribution >= 4 is 0 Å². The van der Waals surface area contributed by atoms with Crippen molar-refractivity contribution in [2.75, 3.05) is 0 Å². The number of fused-ring (bicyclic) bond motifs is 8. The van der Waals surface area contributed by atoms with Crippen LogP contribution in [0.15, 0.2) is 268 Å². The normalized spacial score (nSPS) is 12.5. The van der Waals surface area contributed by atoms with Crippen molar-refractivity contribution in [3.63, 3.8) is 0 Å². The first kappa shape index (κ1) is 44.5. The lowest BCUT2D eigenvalue weighted by atomic mass is 10.0. The van der Waals surface area contributed by atoms with E-state index >= 15 is 0 Å². The van der Waals surface area contributed by atoms with Crippen molar-refractivity contribution < 1.29 is 18.3 Å². The van der Waals surface area contributed by atoms with Crippen molar-refractivity contribution in [3.05, 3.63) is 268 Å². The molecule has 8 aromatic carbocycles. The largest absolute Gasteiger partial charge is 0.248 e. The van der Waals surface area contributed by atoms with Gasteiger partial charge in [-0.05, 0) is 0 Å². The maximum atomic E-state index is 2.49. The topological polar surface area (TPSA) is 35.2 Å². The molecule has 0 atom stereocenters. The molecule has 0 saturated carbocycles. The Kier molecular flexibility index (Phi) is 11.8. The third-order valence-electron chi connectivity index (χ3n) is 14.5. The first-order valence-corrected chi connectivity index (χ1v) is 25.7. The van der Waals surface area contributed by atoms with Gasteiger partial charge in [-0.15, -0.1) is 0 Å². The summed E-state index contributed by atoms with van der Waals surface area (Å²) in [5.41, 5.74) is 18.8. The molecule has 0 unspecified atom stereocenters. The van der Waals surface area contributed by atoms with Crippen LogP contribution < -0.4 is 18.3 Å². The van der Waals surface area contributed by atoms with Crippen LogP contribution in [0.25, 0.3) is 90.1 Å². The molecule has 0 N–H and O–H groups in total. The van der Waals surface area contributed by atoms with E-state index in [4.69, 9.17) is 0 Å². The number of aromatic nitrogens is 8. The van der Waals surface area contributed by atoms with Crippen molar-refractivity contribution in [1.29, 1.82) is 0 Å². The van der Waals surface area contributed by atoms with Gasteiger partial charge in [0.05, 0.1) is 0 Å². The lowest BCUT2D eigenvalue weighted by Gasteiger charge is -2.08. The molecule has 1 aliphatic rings. The minimum atomic E-state index is 0.571. The number of rotatable bonds is 8. The van der Waals surface area contributed by atoms with E-state index in [1.807, 2.05) is 0 Å². The Labute approximate surface area is 432 Å². The Balaban J connectivity index is 1.11. The number of hydrogen-bond donors (Lipinski definition) is 0. The molecule has 0 saturated heterocycles.